The molecule has 1 saturated carbocycles. The maximum absolute atomic E-state index is 12.7. The SMILES string of the molecule is CN(c1ccc2c(n1)NC(=O)CO2)C12CCC(C(O)Cn3c(=O)ccc4ncc(C#N)cc43)(CC1)OC2. The first-order valence-electron chi connectivity index (χ1n) is 12.2. The Morgan fingerprint density at radius 3 is 2.78 bits per heavy atom. The normalized spacial score (nSPS) is 25.1. The molecule has 3 aromatic heterocycles. The predicted octanol–water partition coefficient (Wildman–Crippen LogP) is 1.57. The summed E-state index contributed by atoms with van der Waals surface area (Å²) in [4.78, 5) is 35.4. The number of rotatable bonds is 5. The highest BCUT2D eigenvalue weighted by Crippen LogP contribution is 2.49. The van der Waals surface area contributed by atoms with Gasteiger partial charge in [-0.3, -0.25) is 14.6 Å². The van der Waals surface area contributed by atoms with Crippen molar-refractivity contribution in [3.8, 4) is 11.8 Å². The third kappa shape index (κ3) is 3.80. The van der Waals surface area contributed by atoms with Gasteiger partial charge in [-0.1, -0.05) is 0 Å². The van der Waals surface area contributed by atoms with Gasteiger partial charge in [0.15, 0.2) is 18.2 Å². The number of carbonyl (C=O) groups excluding carboxylic acids is 1. The molecule has 4 aliphatic rings. The van der Waals surface area contributed by atoms with Crippen molar-refractivity contribution in [3.05, 3.63) is 52.4 Å². The zero-order chi connectivity index (χ0) is 25.8. The number of amides is 1. The van der Waals surface area contributed by atoms with E-state index in [-0.39, 0.29) is 30.2 Å². The molecule has 1 atom stereocenters. The number of aliphatic hydroxyl groups is 1. The summed E-state index contributed by atoms with van der Waals surface area (Å²) in [7, 11) is 1.97. The molecule has 7 rings (SSSR count). The largest absolute Gasteiger partial charge is 0.480 e. The van der Waals surface area contributed by atoms with E-state index in [1.54, 1.807) is 18.2 Å². The average Bonchev–Trinajstić information content (AvgIpc) is 2.94. The van der Waals surface area contributed by atoms with Crippen LogP contribution in [0.5, 0.6) is 5.75 Å². The van der Waals surface area contributed by atoms with Crippen molar-refractivity contribution in [2.45, 2.75) is 49.5 Å². The molecule has 37 heavy (non-hydrogen) atoms. The summed E-state index contributed by atoms with van der Waals surface area (Å²) in [5, 5.41) is 23.4. The molecule has 0 radical (unpaired) electrons. The third-order valence-corrected chi connectivity index (χ3v) is 8.10. The number of carbonyl (C=O) groups is 1. The lowest BCUT2D eigenvalue weighted by molar-refractivity contribution is -0.205. The third-order valence-electron chi connectivity index (χ3n) is 8.10. The highest BCUT2D eigenvalue weighted by atomic mass is 16.5. The van der Waals surface area contributed by atoms with Crippen molar-refractivity contribution in [2.24, 2.45) is 0 Å². The lowest BCUT2D eigenvalue weighted by Crippen LogP contribution is -2.66. The van der Waals surface area contributed by atoms with E-state index in [4.69, 9.17) is 9.47 Å². The van der Waals surface area contributed by atoms with Crippen LogP contribution in [0.1, 0.15) is 31.2 Å². The minimum Gasteiger partial charge on any atom is -0.480 e. The van der Waals surface area contributed by atoms with Crippen molar-refractivity contribution >= 4 is 28.6 Å². The summed E-state index contributed by atoms with van der Waals surface area (Å²) < 4.78 is 13.3. The van der Waals surface area contributed by atoms with Crippen LogP contribution in [-0.2, 0) is 16.1 Å². The first-order valence-corrected chi connectivity index (χ1v) is 12.2. The number of nitriles is 1. The molecule has 3 aromatic rings. The van der Waals surface area contributed by atoms with Gasteiger partial charge in [0.1, 0.15) is 18.0 Å². The van der Waals surface area contributed by atoms with Crippen molar-refractivity contribution in [1.29, 1.82) is 5.26 Å². The number of fused-ring (bicyclic) bond motifs is 5. The Morgan fingerprint density at radius 1 is 1.24 bits per heavy atom. The molecule has 1 unspecified atom stereocenters. The second-order valence-electron chi connectivity index (χ2n) is 10.0. The van der Waals surface area contributed by atoms with Crippen LogP contribution in [0.25, 0.3) is 11.0 Å². The Kier molecular flexibility index (Phi) is 5.40. The summed E-state index contributed by atoms with van der Waals surface area (Å²) in [6, 6.07) is 10.4. The summed E-state index contributed by atoms with van der Waals surface area (Å²) >= 11 is 0. The van der Waals surface area contributed by atoms with Gasteiger partial charge < -0.3 is 29.4 Å². The molecule has 11 nitrogen and oxygen atoms in total. The molecule has 3 aliphatic heterocycles. The van der Waals surface area contributed by atoms with Gasteiger partial charge in [0, 0.05) is 19.3 Å². The standard InChI is InChI=1S/C26H26N6O5/c1-31(21-4-3-19-24(29-21)30-22(34)14-36-19)25-6-8-26(9-7-25,37-15-25)20(33)13-32-18-10-16(11-27)12-28-17(18)2-5-23(32)35/h2-5,10,12,20,33H,6-9,13-15H2,1H3,(H,29,30,34). The van der Waals surface area contributed by atoms with Gasteiger partial charge in [-0.15, -0.1) is 0 Å². The highest BCUT2D eigenvalue weighted by molar-refractivity contribution is 5.94. The van der Waals surface area contributed by atoms with Crippen LogP contribution in [0.4, 0.5) is 11.6 Å². The van der Waals surface area contributed by atoms with Crippen LogP contribution in [0.2, 0.25) is 0 Å². The fourth-order valence-electron chi connectivity index (χ4n) is 5.71. The van der Waals surface area contributed by atoms with Gasteiger partial charge in [0.25, 0.3) is 11.5 Å². The topological polar surface area (TPSA) is 143 Å². The second-order valence-corrected chi connectivity index (χ2v) is 10.0. The number of hydrogen-bond donors (Lipinski definition) is 2. The molecule has 1 aliphatic carbocycles. The Balaban J connectivity index is 1.21. The fraction of sp³-hybridized carbons (Fsp3) is 0.423. The number of nitrogens with one attached hydrogen (secondary N) is 1. The second kappa shape index (κ2) is 8.54. The summed E-state index contributed by atoms with van der Waals surface area (Å²) in [6.07, 6.45) is 3.32. The zero-order valence-corrected chi connectivity index (χ0v) is 20.3. The molecule has 1 amide bonds. The number of anilines is 2. The molecule has 3 fully saturated rings. The van der Waals surface area contributed by atoms with E-state index in [0.717, 1.165) is 12.8 Å². The van der Waals surface area contributed by atoms with Crippen LogP contribution < -0.4 is 20.5 Å². The van der Waals surface area contributed by atoms with Crippen LogP contribution in [0.15, 0.2) is 41.3 Å². The number of nitrogens with zero attached hydrogens (tertiary/aromatic N) is 5. The van der Waals surface area contributed by atoms with E-state index in [1.165, 1.54) is 16.8 Å². The molecule has 6 heterocycles. The van der Waals surface area contributed by atoms with Gasteiger partial charge in [0.2, 0.25) is 0 Å². The number of pyridine rings is 3. The highest BCUT2D eigenvalue weighted by Gasteiger charge is 2.55. The van der Waals surface area contributed by atoms with Crippen molar-refractivity contribution < 1.29 is 19.4 Å². The maximum atomic E-state index is 12.7. The van der Waals surface area contributed by atoms with E-state index in [1.807, 2.05) is 13.1 Å². The summed E-state index contributed by atoms with van der Waals surface area (Å²) in [5.41, 5.74) is 0.101. The van der Waals surface area contributed by atoms with Crippen molar-refractivity contribution in [2.75, 3.05) is 30.5 Å². The Labute approximate surface area is 212 Å². The van der Waals surface area contributed by atoms with E-state index in [2.05, 4.69) is 26.3 Å². The first-order chi connectivity index (χ1) is 17.8. The zero-order valence-electron chi connectivity index (χ0n) is 20.3. The van der Waals surface area contributed by atoms with Crippen LogP contribution in [0.3, 0.4) is 0 Å². The molecule has 2 bridgehead atoms. The predicted molar refractivity (Wildman–Crippen MR) is 133 cm³/mol. The van der Waals surface area contributed by atoms with Gasteiger partial charge in [-0.05, 0) is 49.9 Å². The number of hydrogen-bond acceptors (Lipinski definition) is 9. The molecule has 11 heteroatoms. The fourth-order valence-corrected chi connectivity index (χ4v) is 5.71. The van der Waals surface area contributed by atoms with Crippen LogP contribution in [-0.4, -0.2) is 63.1 Å². The lowest BCUT2D eigenvalue weighted by atomic mass is 9.68. The van der Waals surface area contributed by atoms with E-state index < -0.39 is 11.7 Å². The number of aromatic nitrogens is 3. The van der Waals surface area contributed by atoms with Gasteiger partial charge in [0.05, 0.1) is 40.9 Å². The summed E-state index contributed by atoms with van der Waals surface area (Å²) in [5.74, 6) is 1.41. The van der Waals surface area contributed by atoms with Gasteiger partial charge >= 0.3 is 0 Å². The molecule has 0 spiro atoms. The number of likely N-dealkylation sites (N-methyl/N-ethyl adjacent to an activating group) is 1. The van der Waals surface area contributed by atoms with Gasteiger partial charge in [-0.25, -0.2) is 4.98 Å². The Morgan fingerprint density at radius 2 is 2.05 bits per heavy atom. The maximum Gasteiger partial charge on any atom is 0.263 e. The monoisotopic (exact) mass is 502 g/mol. The quantitative estimate of drug-likeness (QED) is 0.531. The van der Waals surface area contributed by atoms with E-state index in [9.17, 15) is 20.0 Å². The Hall–Kier alpha value is -4.01. The smallest absolute Gasteiger partial charge is 0.263 e. The number of ether oxygens (including phenoxy) is 2. The van der Waals surface area contributed by atoms with E-state index >= 15 is 0 Å². The van der Waals surface area contributed by atoms with Crippen molar-refractivity contribution in [1.82, 2.24) is 14.5 Å². The van der Waals surface area contributed by atoms with Crippen LogP contribution >= 0.6 is 0 Å². The first kappa shape index (κ1) is 23.4. The molecule has 2 N–H and O–H groups in total. The Bertz CT molecular complexity index is 1490. The molecule has 190 valence electrons. The van der Waals surface area contributed by atoms with E-state index in [0.29, 0.717) is 53.4 Å². The molecule has 0 aromatic carbocycles. The minimum absolute atomic E-state index is 0.0209. The molecular formula is C26H26N6O5. The molecular weight excluding hydrogens is 476 g/mol. The number of aliphatic hydroxyl groups excluding tert-OH is 1. The minimum atomic E-state index is -0.917. The van der Waals surface area contributed by atoms with Gasteiger partial charge in [-0.2, -0.15) is 5.26 Å². The van der Waals surface area contributed by atoms with Crippen molar-refractivity contribution in [3.63, 3.8) is 0 Å². The molecule has 2 saturated heterocycles. The lowest BCUT2D eigenvalue weighted by Gasteiger charge is -2.57. The van der Waals surface area contributed by atoms with Crippen LogP contribution in [0, 0.1) is 11.3 Å². The summed E-state index contributed by atoms with van der Waals surface area (Å²) in [6.45, 7) is 0.418. The average molecular weight is 503 g/mol.